The Balaban J connectivity index is 1.51. The van der Waals surface area contributed by atoms with Gasteiger partial charge in [0.1, 0.15) is 5.75 Å². The highest BCUT2D eigenvalue weighted by atomic mass is 32.2. The van der Waals surface area contributed by atoms with Crippen molar-refractivity contribution in [2.75, 3.05) is 26.2 Å². The maximum absolute atomic E-state index is 13.4. The van der Waals surface area contributed by atoms with Gasteiger partial charge in [0.25, 0.3) is 0 Å². The summed E-state index contributed by atoms with van der Waals surface area (Å²) in [5.41, 5.74) is 1.50. The number of carboxylic acids is 1. The third-order valence-electron chi connectivity index (χ3n) is 6.53. The van der Waals surface area contributed by atoms with Crippen molar-refractivity contribution in [2.45, 2.75) is 37.3 Å². The molecule has 0 bridgehead atoms. The van der Waals surface area contributed by atoms with E-state index in [0.717, 1.165) is 0 Å². The van der Waals surface area contributed by atoms with Crippen LogP contribution in [0.5, 0.6) is 5.75 Å². The predicted octanol–water partition coefficient (Wildman–Crippen LogP) is 4.33. The molecule has 0 atom stereocenters. The molecule has 0 aliphatic carbocycles. The van der Waals surface area contributed by atoms with E-state index in [1.807, 2.05) is 36.4 Å². The minimum Gasteiger partial charge on any atom is -0.478 e. The molecule has 1 heterocycles. The first kappa shape index (κ1) is 25.9. The summed E-state index contributed by atoms with van der Waals surface area (Å²) in [5, 5.41) is 9.32. The van der Waals surface area contributed by atoms with Crippen molar-refractivity contribution in [3.8, 4) is 5.75 Å². The summed E-state index contributed by atoms with van der Waals surface area (Å²) in [6.45, 7) is 6.58. The first-order chi connectivity index (χ1) is 17.1. The van der Waals surface area contributed by atoms with Crippen LogP contribution in [0.3, 0.4) is 0 Å². The van der Waals surface area contributed by atoms with Crippen LogP contribution in [0.25, 0.3) is 0 Å². The summed E-state index contributed by atoms with van der Waals surface area (Å²) in [6.07, 6.45) is 0. The predicted molar refractivity (Wildman–Crippen MR) is 139 cm³/mol. The summed E-state index contributed by atoms with van der Waals surface area (Å²) in [5.74, 6) is -0.750. The van der Waals surface area contributed by atoms with Crippen molar-refractivity contribution in [2.24, 2.45) is 0 Å². The molecule has 1 N–H and O–H groups in total. The molecule has 3 aromatic rings. The molecule has 0 aromatic heterocycles. The minimum absolute atomic E-state index is 0.0496. The highest BCUT2D eigenvalue weighted by molar-refractivity contribution is 7.89. The van der Waals surface area contributed by atoms with E-state index < -0.39 is 21.6 Å². The first-order valence-electron chi connectivity index (χ1n) is 12.0. The van der Waals surface area contributed by atoms with Crippen LogP contribution >= 0.6 is 0 Å². The summed E-state index contributed by atoms with van der Waals surface area (Å²) < 4.78 is 34.0. The van der Waals surface area contributed by atoms with Crippen LogP contribution in [-0.4, -0.2) is 60.5 Å². The molecule has 36 heavy (non-hydrogen) atoms. The van der Waals surface area contributed by atoms with Gasteiger partial charge >= 0.3 is 5.97 Å². The molecule has 4 rings (SSSR count). The number of carboxylic acid groups (broad SMARTS) is 1. The summed E-state index contributed by atoms with van der Waals surface area (Å²) in [4.78, 5) is 13.9. The molecule has 7 nitrogen and oxygen atoms in total. The van der Waals surface area contributed by atoms with E-state index in [-0.39, 0.29) is 10.9 Å². The van der Waals surface area contributed by atoms with E-state index in [4.69, 9.17) is 4.74 Å². The van der Waals surface area contributed by atoms with Gasteiger partial charge in [0.2, 0.25) is 10.0 Å². The van der Waals surface area contributed by atoms with Gasteiger partial charge in [-0.05, 0) is 55.7 Å². The van der Waals surface area contributed by atoms with Crippen molar-refractivity contribution >= 4 is 16.0 Å². The van der Waals surface area contributed by atoms with Gasteiger partial charge in [0.05, 0.1) is 10.9 Å². The number of benzene rings is 3. The Labute approximate surface area is 213 Å². The SMILES string of the molecule is Cc1cc(S(=O)(=O)N2CCN(C(c3ccccc3)c3ccccc3)CC2)ccc1OC(C)(C)C(=O)O. The molecule has 0 spiro atoms. The van der Waals surface area contributed by atoms with Gasteiger partial charge < -0.3 is 9.84 Å². The van der Waals surface area contributed by atoms with Gasteiger partial charge in [-0.3, -0.25) is 4.90 Å². The van der Waals surface area contributed by atoms with Crippen LogP contribution in [0, 0.1) is 6.92 Å². The van der Waals surface area contributed by atoms with Crippen LogP contribution in [0.4, 0.5) is 0 Å². The third-order valence-corrected chi connectivity index (χ3v) is 8.43. The molecular formula is C28H32N2O5S. The lowest BCUT2D eigenvalue weighted by Gasteiger charge is -2.39. The fraction of sp³-hybridized carbons (Fsp3) is 0.321. The van der Waals surface area contributed by atoms with Crippen molar-refractivity contribution in [3.05, 3.63) is 95.6 Å². The number of carbonyl (C=O) groups is 1. The van der Waals surface area contributed by atoms with E-state index in [2.05, 4.69) is 29.2 Å². The van der Waals surface area contributed by atoms with Gasteiger partial charge in [0, 0.05) is 26.2 Å². The summed E-state index contributed by atoms with van der Waals surface area (Å²) in [6, 6.07) is 25.2. The number of piperazine rings is 1. The molecular weight excluding hydrogens is 476 g/mol. The Kier molecular flexibility index (Phi) is 7.49. The average Bonchev–Trinajstić information content (AvgIpc) is 2.87. The molecule has 190 valence electrons. The van der Waals surface area contributed by atoms with Crippen molar-refractivity contribution < 1.29 is 23.1 Å². The van der Waals surface area contributed by atoms with Gasteiger partial charge in [-0.1, -0.05) is 60.7 Å². The third kappa shape index (κ3) is 5.46. The van der Waals surface area contributed by atoms with Gasteiger partial charge in [-0.25, -0.2) is 13.2 Å². The standard InChI is InChI=1S/C28H32N2O5S/c1-21-20-24(14-15-25(21)35-28(2,3)27(31)32)36(33,34)30-18-16-29(17-19-30)26(22-10-6-4-7-11-22)23-12-8-5-9-13-23/h4-15,20,26H,16-19H2,1-3H3,(H,31,32). The lowest BCUT2D eigenvalue weighted by atomic mass is 9.96. The number of hydrogen-bond acceptors (Lipinski definition) is 5. The maximum atomic E-state index is 13.4. The number of aliphatic carboxylic acids is 1. The molecule has 0 unspecified atom stereocenters. The Hall–Kier alpha value is -3.20. The maximum Gasteiger partial charge on any atom is 0.347 e. The van der Waals surface area contributed by atoms with Gasteiger partial charge in [-0.15, -0.1) is 0 Å². The molecule has 8 heteroatoms. The van der Waals surface area contributed by atoms with Gasteiger partial charge in [0.15, 0.2) is 5.60 Å². The highest BCUT2D eigenvalue weighted by Crippen LogP contribution is 2.31. The number of hydrogen-bond donors (Lipinski definition) is 1. The average molecular weight is 509 g/mol. The second-order valence-electron chi connectivity index (χ2n) is 9.51. The number of ether oxygens (including phenoxy) is 1. The van der Waals surface area contributed by atoms with Crippen molar-refractivity contribution in [1.29, 1.82) is 0 Å². The Bertz CT molecular complexity index is 1260. The monoisotopic (exact) mass is 508 g/mol. The molecule has 1 fully saturated rings. The van der Waals surface area contributed by atoms with Crippen LogP contribution in [0.1, 0.15) is 36.6 Å². The largest absolute Gasteiger partial charge is 0.478 e. The van der Waals surface area contributed by atoms with Crippen LogP contribution in [0.2, 0.25) is 0 Å². The minimum atomic E-state index is -3.70. The fourth-order valence-corrected chi connectivity index (χ4v) is 5.96. The van der Waals surface area contributed by atoms with Crippen LogP contribution < -0.4 is 4.74 Å². The normalized spacial score (nSPS) is 15.7. The number of rotatable bonds is 8. The van der Waals surface area contributed by atoms with E-state index >= 15 is 0 Å². The summed E-state index contributed by atoms with van der Waals surface area (Å²) >= 11 is 0. The second-order valence-corrected chi connectivity index (χ2v) is 11.4. The van der Waals surface area contributed by atoms with Crippen molar-refractivity contribution in [1.82, 2.24) is 9.21 Å². The number of aryl methyl sites for hydroxylation is 1. The first-order valence-corrected chi connectivity index (χ1v) is 13.4. The molecule has 0 saturated carbocycles. The van der Waals surface area contributed by atoms with E-state index in [1.54, 1.807) is 13.0 Å². The molecule has 1 aliphatic heterocycles. The smallest absolute Gasteiger partial charge is 0.347 e. The molecule has 1 aliphatic rings. The lowest BCUT2D eigenvalue weighted by molar-refractivity contribution is -0.152. The Morgan fingerprint density at radius 3 is 1.89 bits per heavy atom. The van der Waals surface area contributed by atoms with Gasteiger partial charge in [-0.2, -0.15) is 4.31 Å². The van der Waals surface area contributed by atoms with E-state index in [9.17, 15) is 18.3 Å². The topological polar surface area (TPSA) is 87.2 Å². The molecule has 1 saturated heterocycles. The molecule has 3 aromatic carbocycles. The lowest BCUT2D eigenvalue weighted by Crippen LogP contribution is -2.49. The van der Waals surface area contributed by atoms with E-state index in [0.29, 0.717) is 37.5 Å². The quantitative estimate of drug-likeness (QED) is 0.487. The fourth-order valence-electron chi connectivity index (χ4n) is 4.45. The Morgan fingerprint density at radius 2 is 1.42 bits per heavy atom. The zero-order valence-corrected chi connectivity index (χ0v) is 21.6. The second kappa shape index (κ2) is 10.4. The zero-order chi connectivity index (χ0) is 25.9. The zero-order valence-electron chi connectivity index (χ0n) is 20.8. The Morgan fingerprint density at radius 1 is 0.889 bits per heavy atom. The number of sulfonamides is 1. The van der Waals surface area contributed by atoms with Crippen LogP contribution in [-0.2, 0) is 14.8 Å². The molecule has 0 amide bonds. The van der Waals surface area contributed by atoms with E-state index in [1.165, 1.54) is 41.4 Å². The number of nitrogens with zero attached hydrogens (tertiary/aromatic N) is 2. The highest BCUT2D eigenvalue weighted by Gasteiger charge is 2.33. The van der Waals surface area contributed by atoms with Crippen LogP contribution in [0.15, 0.2) is 83.8 Å². The molecule has 0 radical (unpaired) electrons. The summed E-state index contributed by atoms with van der Waals surface area (Å²) in [7, 11) is -3.70. The van der Waals surface area contributed by atoms with Crippen molar-refractivity contribution in [3.63, 3.8) is 0 Å².